The number of carbonyl (C=O) groups excluding carboxylic acids is 1. The highest BCUT2D eigenvalue weighted by molar-refractivity contribution is 7.12. The average Bonchev–Trinajstić information content (AvgIpc) is 2.70. The molecule has 1 aromatic rings. The molecular formula is C11H15NO2S. The molecule has 0 fully saturated rings. The van der Waals surface area contributed by atoms with Crippen molar-refractivity contribution in [1.29, 1.82) is 0 Å². The Hall–Kier alpha value is -0.870. The van der Waals surface area contributed by atoms with E-state index >= 15 is 0 Å². The van der Waals surface area contributed by atoms with Crippen LogP contribution in [0.25, 0.3) is 0 Å². The van der Waals surface area contributed by atoms with Crippen LogP contribution in [0.3, 0.4) is 0 Å². The van der Waals surface area contributed by atoms with Gasteiger partial charge in [-0.05, 0) is 30.4 Å². The number of hydrogen-bond donors (Lipinski definition) is 0. The third-order valence-electron chi connectivity index (χ3n) is 2.59. The molecule has 0 saturated heterocycles. The van der Waals surface area contributed by atoms with Crippen molar-refractivity contribution in [2.75, 3.05) is 26.3 Å². The van der Waals surface area contributed by atoms with Crippen LogP contribution in [0.15, 0.2) is 11.4 Å². The molecule has 15 heavy (non-hydrogen) atoms. The smallest absolute Gasteiger partial charge is 0.264 e. The summed E-state index contributed by atoms with van der Waals surface area (Å²) in [7, 11) is 0. The fourth-order valence-electron chi connectivity index (χ4n) is 1.75. The summed E-state index contributed by atoms with van der Waals surface area (Å²) in [6.45, 7) is 4.87. The standard InChI is InChI=1S/C11H15NO2S/c1-2-14-7-6-12-5-3-9-4-8-15-10(9)11(12)13/h4,8H,2-3,5-7H2,1H3. The van der Waals surface area contributed by atoms with Gasteiger partial charge in [0.15, 0.2) is 0 Å². The average molecular weight is 225 g/mol. The summed E-state index contributed by atoms with van der Waals surface area (Å²) in [5.74, 6) is 0.172. The zero-order valence-corrected chi connectivity index (χ0v) is 9.68. The van der Waals surface area contributed by atoms with Gasteiger partial charge in [0.25, 0.3) is 5.91 Å². The number of amides is 1. The summed E-state index contributed by atoms with van der Waals surface area (Å²) in [5.41, 5.74) is 1.21. The Kier molecular flexibility index (Phi) is 3.38. The second-order valence-corrected chi connectivity index (χ2v) is 4.43. The molecule has 1 aliphatic heterocycles. The van der Waals surface area contributed by atoms with Crippen LogP contribution in [0.4, 0.5) is 0 Å². The molecule has 1 aliphatic rings. The maximum Gasteiger partial charge on any atom is 0.264 e. The minimum Gasteiger partial charge on any atom is -0.380 e. The first kappa shape index (κ1) is 10.6. The Morgan fingerprint density at radius 1 is 1.60 bits per heavy atom. The highest BCUT2D eigenvalue weighted by Crippen LogP contribution is 2.23. The van der Waals surface area contributed by atoms with Crippen molar-refractivity contribution in [2.45, 2.75) is 13.3 Å². The SMILES string of the molecule is CCOCCN1CCc2ccsc2C1=O. The third kappa shape index (κ3) is 2.21. The lowest BCUT2D eigenvalue weighted by Gasteiger charge is -2.26. The van der Waals surface area contributed by atoms with Crippen molar-refractivity contribution in [3.8, 4) is 0 Å². The summed E-state index contributed by atoms with van der Waals surface area (Å²) >= 11 is 1.54. The number of fused-ring (bicyclic) bond motifs is 1. The summed E-state index contributed by atoms with van der Waals surface area (Å²) in [6.07, 6.45) is 0.983. The monoisotopic (exact) mass is 225 g/mol. The van der Waals surface area contributed by atoms with E-state index in [0.717, 1.165) is 17.8 Å². The molecule has 0 aromatic carbocycles. The lowest BCUT2D eigenvalue weighted by Crippen LogP contribution is -2.38. The van der Waals surface area contributed by atoms with Crippen molar-refractivity contribution >= 4 is 17.2 Å². The summed E-state index contributed by atoms with van der Waals surface area (Å²) in [5, 5.41) is 1.99. The van der Waals surface area contributed by atoms with E-state index in [1.54, 1.807) is 11.3 Å². The molecule has 2 heterocycles. The molecule has 0 unspecified atom stereocenters. The third-order valence-corrected chi connectivity index (χ3v) is 3.53. The van der Waals surface area contributed by atoms with Crippen LogP contribution in [0, 0.1) is 0 Å². The minimum absolute atomic E-state index is 0.172. The van der Waals surface area contributed by atoms with Gasteiger partial charge in [-0.2, -0.15) is 0 Å². The molecule has 0 N–H and O–H groups in total. The summed E-state index contributed by atoms with van der Waals surface area (Å²) in [4.78, 5) is 14.8. The number of ether oxygens (including phenoxy) is 1. The van der Waals surface area contributed by atoms with Crippen LogP contribution >= 0.6 is 11.3 Å². The van der Waals surface area contributed by atoms with Crippen LogP contribution in [0.2, 0.25) is 0 Å². The number of hydrogen-bond acceptors (Lipinski definition) is 3. The first-order valence-electron chi connectivity index (χ1n) is 5.26. The van der Waals surface area contributed by atoms with E-state index in [9.17, 15) is 4.79 Å². The molecule has 0 radical (unpaired) electrons. The van der Waals surface area contributed by atoms with Gasteiger partial charge in [0.1, 0.15) is 0 Å². The Bertz CT molecular complexity index is 348. The zero-order chi connectivity index (χ0) is 10.7. The van der Waals surface area contributed by atoms with Crippen LogP contribution in [-0.2, 0) is 11.2 Å². The van der Waals surface area contributed by atoms with E-state index in [0.29, 0.717) is 19.8 Å². The lowest BCUT2D eigenvalue weighted by atomic mass is 10.1. The number of nitrogens with zero attached hydrogens (tertiary/aromatic N) is 1. The molecule has 3 nitrogen and oxygen atoms in total. The topological polar surface area (TPSA) is 29.5 Å². The van der Waals surface area contributed by atoms with E-state index in [2.05, 4.69) is 6.07 Å². The van der Waals surface area contributed by atoms with Crippen LogP contribution in [0.1, 0.15) is 22.2 Å². The van der Waals surface area contributed by atoms with Crippen LogP contribution in [-0.4, -0.2) is 37.1 Å². The largest absolute Gasteiger partial charge is 0.380 e. The summed E-state index contributed by atoms with van der Waals surface area (Å²) < 4.78 is 5.26. The minimum atomic E-state index is 0.172. The molecule has 0 bridgehead atoms. The fourth-order valence-corrected chi connectivity index (χ4v) is 2.67. The Labute approximate surface area is 93.7 Å². The van der Waals surface area contributed by atoms with Gasteiger partial charge < -0.3 is 9.64 Å². The normalized spacial score (nSPS) is 15.5. The maximum absolute atomic E-state index is 12.0. The van der Waals surface area contributed by atoms with Gasteiger partial charge in [0.2, 0.25) is 0 Å². The van der Waals surface area contributed by atoms with Crippen LogP contribution < -0.4 is 0 Å². The van der Waals surface area contributed by atoms with Gasteiger partial charge in [0.05, 0.1) is 11.5 Å². The summed E-state index contributed by atoms with van der Waals surface area (Å²) in [6, 6.07) is 2.05. The van der Waals surface area contributed by atoms with Gasteiger partial charge in [0, 0.05) is 19.7 Å². The van der Waals surface area contributed by atoms with E-state index < -0.39 is 0 Å². The quantitative estimate of drug-likeness (QED) is 0.731. The molecular weight excluding hydrogens is 210 g/mol. The predicted molar refractivity (Wildman–Crippen MR) is 60.4 cm³/mol. The van der Waals surface area contributed by atoms with Gasteiger partial charge in [-0.1, -0.05) is 0 Å². The van der Waals surface area contributed by atoms with E-state index in [1.807, 2.05) is 17.2 Å². The zero-order valence-electron chi connectivity index (χ0n) is 8.86. The Balaban J connectivity index is 1.97. The maximum atomic E-state index is 12.0. The number of rotatable bonds is 4. The van der Waals surface area contributed by atoms with E-state index in [4.69, 9.17) is 4.74 Å². The van der Waals surface area contributed by atoms with Crippen molar-refractivity contribution in [1.82, 2.24) is 4.90 Å². The Morgan fingerprint density at radius 3 is 3.27 bits per heavy atom. The molecule has 1 amide bonds. The van der Waals surface area contributed by atoms with Crippen molar-refractivity contribution in [2.24, 2.45) is 0 Å². The van der Waals surface area contributed by atoms with Crippen molar-refractivity contribution < 1.29 is 9.53 Å². The number of carbonyl (C=O) groups is 1. The van der Waals surface area contributed by atoms with Gasteiger partial charge in [-0.15, -0.1) is 11.3 Å². The highest BCUT2D eigenvalue weighted by Gasteiger charge is 2.24. The molecule has 2 rings (SSSR count). The lowest BCUT2D eigenvalue weighted by molar-refractivity contribution is 0.0647. The second-order valence-electron chi connectivity index (χ2n) is 3.51. The molecule has 0 aliphatic carbocycles. The predicted octanol–water partition coefficient (Wildman–Crippen LogP) is 1.78. The molecule has 0 saturated carbocycles. The Morgan fingerprint density at radius 2 is 2.47 bits per heavy atom. The molecule has 0 spiro atoms. The number of thiophene rings is 1. The van der Waals surface area contributed by atoms with Crippen molar-refractivity contribution in [3.63, 3.8) is 0 Å². The molecule has 0 atom stereocenters. The molecule has 4 heteroatoms. The highest BCUT2D eigenvalue weighted by atomic mass is 32.1. The second kappa shape index (κ2) is 4.77. The van der Waals surface area contributed by atoms with Gasteiger partial charge >= 0.3 is 0 Å². The van der Waals surface area contributed by atoms with E-state index in [-0.39, 0.29) is 5.91 Å². The van der Waals surface area contributed by atoms with Gasteiger partial charge in [-0.3, -0.25) is 4.79 Å². The van der Waals surface area contributed by atoms with E-state index in [1.165, 1.54) is 5.56 Å². The van der Waals surface area contributed by atoms with Gasteiger partial charge in [-0.25, -0.2) is 0 Å². The fraction of sp³-hybridized carbons (Fsp3) is 0.545. The first-order chi connectivity index (χ1) is 7.33. The van der Waals surface area contributed by atoms with Crippen molar-refractivity contribution in [3.05, 3.63) is 21.9 Å². The molecule has 82 valence electrons. The van der Waals surface area contributed by atoms with Crippen LogP contribution in [0.5, 0.6) is 0 Å². The molecule has 1 aromatic heterocycles. The first-order valence-corrected chi connectivity index (χ1v) is 6.14.